The molecule has 0 spiro atoms. The van der Waals surface area contributed by atoms with E-state index in [2.05, 4.69) is 26.1 Å². The van der Waals surface area contributed by atoms with Gasteiger partial charge in [0.1, 0.15) is 11.6 Å². The van der Waals surface area contributed by atoms with Gasteiger partial charge in [-0.15, -0.1) is 32.9 Å². The molecule has 0 aromatic carbocycles. The summed E-state index contributed by atoms with van der Waals surface area (Å²) in [4.78, 5) is 28.2. The summed E-state index contributed by atoms with van der Waals surface area (Å²) in [5.41, 5.74) is 1.57. The fraction of sp³-hybridized carbons (Fsp3) is 0.0667. The molecule has 25 heavy (non-hydrogen) atoms. The molecule has 0 radical (unpaired) electrons. The number of halogens is 1. The minimum Gasteiger partial charge on any atom is -0.503 e. The number of anilines is 1. The van der Waals surface area contributed by atoms with E-state index in [0.717, 1.165) is 8.66 Å². The average molecular weight is 454 g/mol. The second-order valence-electron chi connectivity index (χ2n) is 5.01. The van der Waals surface area contributed by atoms with Crippen LogP contribution in [0.2, 0.25) is 0 Å². The summed E-state index contributed by atoms with van der Waals surface area (Å²) in [5, 5.41) is 20.3. The second kappa shape index (κ2) is 6.45. The normalized spacial score (nSPS) is 17.6. The molecule has 0 aliphatic carbocycles. The van der Waals surface area contributed by atoms with Crippen LogP contribution in [-0.4, -0.2) is 27.0 Å². The molecule has 0 bridgehead atoms. The van der Waals surface area contributed by atoms with Crippen LogP contribution in [0.1, 0.15) is 20.6 Å². The number of ketones is 1. The molecule has 0 saturated heterocycles. The van der Waals surface area contributed by atoms with Crippen molar-refractivity contribution in [2.75, 3.05) is 4.90 Å². The van der Waals surface area contributed by atoms with Crippen LogP contribution < -0.4 is 4.90 Å². The lowest BCUT2D eigenvalue weighted by molar-refractivity contribution is -0.117. The van der Waals surface area contributed by atoms with Gasteiger partial charge in [0.25, 0.3) is 5.91 Å². The first-order chi connectivity index (χ1) is 12.1. The van der Waals surface area contributed by atoms with E-state index in [1.54, 1.807) is 17.5 Å². The number of carbonyl (C=O) groups excluding carboxylic acids is 2. The number of aromatic nitrogens is 2. The fourth-order valence-electron chi connectivity index (χ4n) is 2.59. The highest BCUT2D eigenvalue weighted by Gasteiger charge is 2.46. The Morgan fingerprint density at radius 2 is 2.12 bits per heavy atom. The quantitative estimate of drug-likeness (QED) is 0.598. The van der Waals surface area contributed by atoms with Gasteiger partial charge in [-0.3, -0.25) is 14.5 Å². The monoisotopic (exact) mass is 453 g/mol. The van der Waals surface area contributed by atoms with Gasteiger partial charge in [0.15, 0.2) is 5.76 Å². The average Bonchev–Trinajstić information content (AvgIpc) is 3.36. The van der Waals surface area contributed by atoms with Crippen molar-refractivity contribution in [3.05, 3.63) is 60.0 Å². The lowest BCUT2D eigenvalue weighted by Crippen LogP contribution is -2.30. The van der Waals surface area contributed by atoms with Crippen molar-refractivity contribution in [1.29, 1.82) is 0 Å². The van der Waals surface area contributed by atoms with Crippen molar-refractivity contribution in [3.8, 4) is 0 Å². The first kappa shape index (κ1) is 16.6. The van der Waals surface area contributed by atoms with Crippen LogP contribution in [0.3, 0.4) is 0 Å². The number of hydrogen-bond acceptors (Lipinski definition) is 8. The van der Waals surface area contributed by atoms with Gasteiger partial charge < -0.3 is 5.11 Å². The first-order valence-corrected chi connectivity index (χ1v) is 10.3. The number of hydrogen-bond donors (Lipinski definition) is 1. The van der Waals surface area contributed by atoms with Crippen LogP contribution in [0.15, 0.2) is 50.3 Å². The maximum atomic E-state index is 12.9. The number of Topliss-reactive ketones (excluding diaryl/α,β-unsaturated/α-hetero) is 1. The topological polar surface area (TPSA) is 83.4 Å². The molecule has 3 aromatic rings. The summed E-state index contributed by atoms with van der Waals surface area (Å²) in [6, 6.07) is 6.36. The van der Waals surface area contributed by atoms with E-state index in [4.69, 9.17) is 0 Å². The van der Waals surface area contributed by atoms with Crippen molar-refractivity contribution in [3.63, 3.8) is 0 Å². The fourth-order valence-corrected chi connectivity index (χ4v) is 5.38. The highest BCUT2D eigenvalue weighted by molar-refractivity contribution is 9.11. The maximum absolute atomic E-state index is 12.9. The molecule has 0 fully saturated rings. The minimum absolute atomic E-state index is 0.0667. The Morgan fingerprint density at radius 1 is 1.28 bits per heavy atom. The summed E-state index contributed by atoms with van der Waals surface area (Å²) >= 11 is 7.23. The van der Waals surface area contributed by atoms with Crippen LogP contribution in [-0.2, 0) is 4.79 Å². The third-order valence-electron chi connectivity index (χ3n) is 3.62. The van der Waals surface area contributed by atoms with E-state index >= 15 is 0 Å². The van der Waals surface area contributed by atoms with Crippen LogP contribution in [0.25, 0.3) is 0 Å². The molecule has 0 saturated carbocycles. The molecule has 4 heterocycles. The molecule has 1 N–H and O–H groups in total. The maximum Gasteiger partial charge on any atom is 0.296 e. The van der Waals surface area contributed by atoms with Gasteiger partial charge in [-0.25, -0.2) is 0 Å². The van der Waals surface area contributed by atoms with E-state index in [1.165, 1.54) is 44.4 Å². The van der Waals surface area contributed by atoms with E-state index in [0.29, 0.717) is 10.0 Å². The Morgan fingerprint density at radius 3 is 2.72 bits per heavy atom. The number of carbonyl (C=O) groups is 2. The lowest BCUT2D eigenvalue weighted by atomic mass is 10.0. The molecule has 1 aliphatic rings. The third kappa shape index (κ3) is 2.74. The van der Waals surface area contributed by atoms with Gasteiger partial charge in [0.05, 0.1) is 14.2 Å². The molecule has 1 aliphatic heterocycles. The molecule has 3 aromatic heterocycles. The molecule has 6 nitrogen and oxygen atoms in total. The third-order valence-corrected chi connectivity index (χ3v) is 6.85. The van der Waals surface area contributed by atoms with E-state index in [1.807, 2.05) is 12.1 Å². The van der Waals surface area contributed by atoms with Gasteiger partial charge in [0.2, 0.25) is 10.9 Å². The summed E-state index contributed by atoms with van der Waals surface area (Å²) < 4.78 is 0.862. The lowest BCUT2D eigenvalue weighted by Gasteiger charge is -2.22. The van der Waals surface area contributed by atoms with Gasteiger partial charge in [-0.1, -0.05) is 17.4 Å². The van der Waals surface area contributed by atoms with Gasteiger partial charge in [0, 0.05) is 4.88 Å². The van der Waals surface area contributed by atoms with Crippen molar-refractivity contribution in [1.82, 2.24) is 10.2 Å². The van der Waals surface area contributed by atoms with E-state index in [-0.39, 0.29) is 11.4 Å². The molecular formula is C15H8BrN3O3S3. The van der Waals surface area contributed by atoms with Gasteiger partial charge in [-0.05, 0) is 39.5 Å². The zero-order chi connectivity index (χ0) is 17.6. The van der Waals surface area contributed by atoms with Gasteiger partial charge >= 0.3 is 0 Å². The predicted molar refractivity (Wildman–Crippen MR) is 100 cm³/mol. The van der Waals surface area contributed by atoms with E-state index in [9.17, 15) is 14.7 Å². The highest BCUT2D eigenvalue weighted by Crippen LogP contribution is 2.45. The SMILES string of the molecule is O=C(C1=C(O)C(=O)N(c2nncs2)C1c1ccc(Br)s1)c1cccs1. The largest absolute Gasteiger partial charge is 0.503 e. The Hall–Kier alpha value is -1.88. The van der Waals surface area contributed by atoms with Crippen LogP contribution in [0.5, 0.6) is 0 Å². The first-order valence-electron chi connectivity index (χ1n) is 6.94. The molecule has 1 amide bonds. The molecular weight excluding hydrogens is 446 g/mol. The molecule has 10 heteroatoms. The van der Waals surface area contributed by atoms with Crippen molar-refractivity contribution in [2.24, 2.45) is 0 Å². The van der Waals surface area contributed by atoms with Crippen molar-refractivity contribution in [2.45, 2.75) is 6.04 Å². The summed E-state index contributed by atoms with van der Waals surface area (Å²) in [7, 11) is 0. The standard InChI is InChI=1S/C15H8BrN3O3S3/c16-9-4-3-7(25-9)11-10(12(20)8-2-1-5-23-8)13(21)14(22)19(11)15-18-17-6-24-15/h1-6,11,21H. The summed E-state index contributed by atoms with van der Waals surface area (Å²) in [6.07, 6.45) is 0. The zero-order valence-electron chi connectivity index (χ0n) is 12.2. The van der Waals surface area contributed by atoms with Crippen LogP contribution in [0, 0.1) is 0 Å². The Balaban J connectivity index is 1.87. The molecule has 1 atom stereocenters. The second-order valence-corrected chi connectivity index (χ2v) is 9.26. The molecule has 1 unspecified atom stereocenters. The summed E-state index contributed by atoms with van der Waals surface area (Å²) in [6.45, 7) is 0. The van der Waals surface area contributed by atoms with E-state index < -0.39 is 17.7 Å². The number of thiophene rings is 2. The smallest absolute Gasteiger partial charge is 0.296 e. The summed E-state index contributed by atoms with van der Waals surface area (Å²) in [5.74, 6) is -1.54. The predicted octanol–water partition coefficient (Wildman–Crippen LogP) is 4.21. The molecule has 126 valence electrons. The van der Waals surface area contributed by atoms with Crippen molar-refractivity contribution < 1.29 is 14.7 Å². The van der Waals surface area contributed by atoms with Crippen LogP contribution >= 0.6 is 49.9 Å². The van der Waals surface area contributed by atoms with Gasteiger partial charge in [-0.2, -0.15) is 0 Å². The Labute approximate surface area is 162 Å². The number of amides is 1. The minimum atomic E-state index is -0.730. The van der Waals surface area contributed by atoms with Crippen LogP contribution in [0.4, 0.5) is 5.13 Å². The molecule has 4 rings (SSSR count). The number of aliphatic hydroxyl groups excluding tert-OH is 1. The van der Waals surface area contributed by atoms with Crippen molar-refractivity contribution >= 4 is 66.8 Å². The number of aliphatic hydroxyl groups is 1. The Bertz CT molecular complexity index is 979. The Kier molecular flexibility index (Phi) is 4.28. The highest BCUT2D eigenvalue weighted by atomic mass is 79.9. The number of rotatable bonds is 4. The zero-order valence-corrected chi connectivity index (χ0v) is 16.3. The number of nitrogens with zero attached hydrogens (tertiary/aromatic N) is 3.